The Hall–Kier alpha value is -2.79. The number of fused-ring (bicyclic) bond motifs is 1. The molecule has 2 amide bonds. The molecule has 5 nitrogen and oxygen atoms in total. The second kappa shape index (κ2) is 7.56. The van der Waals surface area contributed by atoms with E-state index in [4.69, 9.17) is 17.3 Å². The van der Waals surface area contributed by atoms with Gasteiger partial charge >= 0.3 is 0 Å². The Morgan fingerprint density at radius 3 is 2.79 bits per heavy atom. The second-order valence-corrected chi connectivity index (χ2v) is 8.08. The summed E-state index contributed by atoms with van der Waals surface area (Å²) < 4.78 is 0. The van der Waals surface area contributed by atoms with Crippen molar-refractivity contribution in [2.24, 2.45) is 11.1 Å². The van der Waals surface area contributed by atoms with Crippen LogP contribution < -0.4 is 10.6 Å². The number of carbonyl (C=O) groups excluding carboxylic acids is 2. The number of anilines is 1. The van der Waals surface area contributed by atoms with Crippen molar-refractivity contribution in [1.29, 1.82) is 0 Å². The van der Waals surface area contributed by atoms with Crippen molar-refractivity contribution in [3.63, 3.8) is 0 Å². The van der Waals surface area contributed by atoms with Crippen LogP contribution in [0.1, 0.15) is 30.9 Å². The predicted octanol–water partition coefficient (Wildman–Crippen LogP) is 4.22. The van der Waals surface area contributed by atoms with Crippen LogP contribution in [0.25, 0.3) is 10.9 Å². The summed E-state index contributed by atoms with van der Waals surface area (Å²) in [4.78, 5) is 30.9. The number of nitrogens with zero attached hydrogens (tertiary/aromatic N) is 1. The van der Waals surface area contributed by atoms with E-state index in [1.54, 1.807) is 4.90 Å². The average Bonchev–Trinajstić information content (AvgIpc) is 3.27. The molecule has 6 heteroatoms. The number of aromatic amines is 1. The van der Waals surface area contributed by atoms with Crippen LogP contribution in [-0.4, -0.2) is 23.3 Å². The molecule has 2 aromatic carbocycles. The Bertz CT molecular complexity index is 1090. The van der Waals surface area contributed by atoms with E-state index in [9.17, 15) is 9.59 Å². The fraction of sp³-hybridized carbons (Fsp3) is 0.304. The van der Waals surface area contributed by atoms with Crippen LogP contribution in [0.15, 0.2) is 48.7 Å². The molecular weight excluding hydrogens is 386 g/mol. The molecule has 1 aliphatic rings. The molecule has 29 heavy (non-hydrogen) atoms. The Morgan fingerprint density at radius 2 is 2.03 bits per heavy atom. The first-order valence-corrected chi connectivity index (χ1v) is 10.3. The third-order valence-electron chi connectivity index (χ3n) is 6.10. The Morgan fingerprint density at radius 1 is 1.24 bits per heavy atom. The number of aryl methyl sites for hydroxylation is 2. The third-order valence-corrected chi connectivity index (χ3v) is 6.34. The first-order valence-electron chi connectivity index (χ1n) is 9.91. The minimum absolute atomic E-state index is 0.191. The Kier molecular flexibility index (Phi) is 5.09. The molecule has 1 saturated heterocycles. The van der Waals surface area contributed by atoms with E-state index in [0.717, 1.165) is 34.1 Å². The van der Waals surface area contributed by atoms with Crippen LogP contribution in [0, 0.1) is 5.41 Å². The van der Waals surface area contributed by atoms with Crippen molar-refractivity contribution in [3.8, 4) is 0 Å². The largest absolute Gasteiger partial charge is 0.369 e. The Balaban J connectivity index is 1.62. The number of carbonyl (C=O) groups is 2. The smallest absolute Gasteiger partial charge is 0.242 e. The fourth-order valence-corrected chi connectivity index (χ4v) is 4.53. The molecule has 0 saturated carbocycles. The standard InChI is InChI=1S/C23H24ClN3O2/c1-2-15-5-3-4-6-20(15)27-12-11-23(21(25)28,22(27)29)10-9-16-14-26-19-8-7-17(24)13-18(16)19/h3-8,13-14,26H,2,9-12H2,1H3,(H2,25,28). The quantitative estimate of drug-likeness (QED) is 0.597. The summed E-state index contributed by atoms with van der Waals surface area (Å²) in [5.74, 6) is -0.736. The third kappa shape index (κ3) is 3.29. The zero-order valence-electron chi connectivity index (χ0n) is 16.4. The van der Waals surface area contributed by atoms with Crippen molar-refractivity contribution in [3.05, 3.63) is 64.8 Å². The minimum atomic E-state index is -1.18. The van der Waals surface area contributed by atoms with E-state index in [-0.39, 0.29) is 5.91 Å². The van der Waals surface area contributed by atoms with E-state index in [2.05, 4.69) is 11.9 Å². The van der Waals surface area contributed by atoms with Crippen LogP contribution in [0.5, 0.6) is 0 Å². The predicted molar refractivity (Wildman–Crippen MR) is 116 cm³/mol. The molecule has 0 spiro atoms. The van der Waals surface area contributed by atoms with Gasteiger partial charge in [-0.3, -0.25) is 9.59 Å². The van der Waals surface area contributed by atoms with Gasteiger partial charge in [-0.2, -0.15) is 0 Å². The van der Waals surface area contributed by atoms with Crippen LogP contribution in [0.3, 0.4) is 0 Å². The number of para-hydroxylation sites is 1. The number of primary amides is 1. The molecule has 1 fully saturated rings. The first-order chi connectivity index (χ1) is 14.0. The lowest BCUT2D eigenvalue weighted by atomic mass is 9.79. The molecule has 3 N–H and O–H groups in total. The summed E-state index contributed by atoms with van der Waals surface area (Å²) in [7, 11) is 0. The summed E-state index contributed by atoms with van der Waals surface area (Å²) in [6.07, 6.45) is 4.12. The van der Waals surface area contributed by atoms with Crippen molar-refractivity contribution in [2.75, 3.05) is 11.4 Å². The molecule has 0 bridgehead atoms. The molecule has 0 aliphatic carbocycles. The van der Waals surface area contributed by atoms with Crippen molar-refractivity contribution < 1.29 is 9.59 Å². The van der Waals surface area contributed by atoms with Gasteiger partial charge in [-0.15, -0.1) is 0 Å². The maximum absolute atomic E-state index is 13.4. The summed E-state index contributed by atoms with van der Waals surface area (Å²) >= 11 is 6.14. The van der Waals surface area contributed by atoms with Gasteiger partial charge in [-0.25, -0.2) is 0 Å². The maximum atomic E-state index is 13.4. The number of nitrogens with two attached hydrogens (primary N) is 1. The zero-order valence-corrected chi connectivity index (χ0v) is 17.1. The highest BCUT2D eigenvalue weighted by molar-refractivity contribution is 6.31. The highest BCUT2D eigenvalue weighted by Crippen LogP contribution is 2.40. The molecule has 4 rings (SSSR count). The lowest BCUT2D eigenvalue weighted by molar-refractivity contribution is -0.138. The molecule has 1 unspecified atom stereocenters. The van der Waals surface area contributed by atoms with Gasteiger partial charge in [0.05, 0.1) is 0 Å². The van der Waals surface area contributed by atoms with Gasteiger partial charge in [0.2, 0.25) is 11.8 Å². The second-order valence-electron chi connectivity index (χ2n) is 7.64. The van der Waals surface area contributed by atoms with E-state index < -0.39 is 11.3 Å². The zero-order chi connectivity index (χ0) is 20.6. The molecule has 3 aromatic rings. The van der Waals surface area contributed by atoms with Crippen molar-refractivity contribution in [2.45, 2.75) is 32.6 Å². The minimum Gasteiger partial charge on any atom is -0.369 e. The molecule has 1 aliphatic heterocycles. The van der Waals surface area contributed by atoms with Gasteiger partial charge in [0.25, 0.3) is 0 Å². The topological polar surface area (TPSA) is 79.2 Å². The number of aromatic nitrogens is 1. The van der Waals surface area contributed by atoms with Gasteiger partial charge in [0, 0.05) is 34.4 Å². The van der Waals surface area contributed by atoms with Crippen molar-refractivity contribution in [1.82, 2.24) is 4.98 Å². The first kappa shape index (κ1) is 19.5. The van der Waals surface area contributed by atoms with E-state index >= 15 is 0 Å². The van der Waals surface area contributed by atoms with Gasteiger partial charge < -0.3 is 15.6 Å². The summed E-state index contributed by atoms with van der Waals surface area (Å²) in [6.45, 7) is 2.56. The Labute approximate surface area is 174 Å². The van der Waals surface area contributed by atoms with Crippen molar-refractivity contribution >= 4 is 40.0 Å². The highest BCUT2D eigenvalue weighted by Gasteiger charge is 2.51. The number of hydrogen-bond acceptors (Lipinski definition) is 2. The normalized spacial score (nSPS) is 19.2. The SMILES string of the molecule is CCc1ccccc1N1CCC(CCc2c[nH]c3ccc(Cl)cc23)(C(N)=O)C1=O. The molecule has 2 heterocycles. The summed E-state index contributed by atoms with van der Waals surface area (Å²) in [5, 5.41) is 1.66. The van der Waals surface area contributed by atoms with Gasteiger partial charge in [-0.1, -0.05) is 36.7 Å². The number of amides is 2. The monoisotopic (exact) mass is 409 g/mol. The van der Waals surface area contributed by atoms with E-state index in [1.807, 2.05) is 48.7 Å². The van der Waals surface area contributed by atoms with Crippen LogP contribution in [0.4, 0.5) is 5.69 Å². The number of H-pyrrole nitrogens is 1. The van der Waals surface area contributed by atoms with Gasteiger partial charge in [0.1, 0.15) is 5.41 Å². The van der Waals surface area contributed by atoms with Gasteiger partial charge in [-0.05, 0) is 61.1 Å². The number of hydrogen-bond donors (Lipinski definition) is 2. The van der Waals surface area contributed by atoms with E-state index in [0.29, 0.717) is 30.8 Å². The molecular formula is C23H24ClN3O2. The lowest BCUT2D eigenvalue weighted by Gasteiger charge is -2.25. The average molecular weight is 410 g/mol. The molecule has 0 radical (unpaired) electrons. The fourth-order valence-electron chi connectivity index (χ4n) is 4.36. The number of nitrogens with one attached hydrogen (secondary N) is 1. The molecule has 150 valence electrons. The van der Waals surface area contributed by atoms with Crippen LogP contribution in [0.2, 0.25) is 5.02 Å². The summed E-state index contributed by atoms with van der Waals surface area (Å²) in [5.41, 5.74) is 8.60. The van der Waals surface area contributed by atoms with Gasteiger partial charge in [0.15, 0.2) is 0 Å². The lowest BCUT2D eigenvalue weighted by Crippen LogP contribution is -2.45. The number of halogens is 1. The van der Waals surface area contributed by atoms with Crippen LogP contribution in [-0.2, 0) is 22.4 Å². The van der Waals surface area contributed by atoms with Crippen LogP contribution >= 0.6 is 11.6 Å². The number of rotatable bonds is 6. The maximum Gasteiger partial charge on any atom is 0.242 e. The highest BCUT2D eigenvalue weighted by atomic mass is 35.5. The molecule has 1 aromatic heterocycles. The number of benzene rings is 2. The molecule has 1 atom stereocenters. The summed E-state index contributed by atoms with van der Waals surface area (Å²) in [6, 6.07) is 13.5. The van der Waals surface area contributed by atoms with E-state index in [1.165, 1.54) is 0 Å².